The molecule has 1 unspecified atom stereocenters. The zero-order chi connectivity index (χ0) is 22.6. The molecule has 1 amide bonds. The fourth-order valence-electron chi connectivity index (χ4n) is 4.24. The lowest BCUT2D eigenvalue weighted by Crippen LogP contribution is -2.47. The van der Waals surface area contributed by atoms with Crippen molar-refractivity contribution in [3.8, 4) is 5.75 Å². The van der Waals surface area contributed by atoms with E-state index in [4.69, 9.17) is 9.47 Å². The first-order valence-electron chi connectivity index (χ1n) is 11.1. The van der Waals surface area contributed by atoms with Gasteiger partial charge in [0, 0.05) is 23.2 Å². The summed E-state index contributed by atoms with van der Waals surface area (Å²) in [6.45, 7) is 9.25. The predicted octanol–water partition coefficient (Wildman–Crippen LogP) is 5.84. The first-order valence-corrected chi connectivity index (χ1v) is 11.1. The molecule has 1 atom stereocenters. The Hall–Kier alpha value is -3.37. The Bertz CT molecular complexity index is 1090. The van der Waals surface area contributed by atoms with Gasteiger partial charge in [-0.15, -0.1) is 0 Å². The molecule has 0 saturated heterocycles. The number of carbonyl (C=O) groups is 1. The second kappa shape index (κ2) is 9.41. The Morgan fingerprint density at radius 3 is 2.41 bits per heavy atom. The van der Waals surface area contributed by atoms with Crippen LogP contribution in [0.15, 0.2) is 85.5 Å². The van der Waals surface area contributed by atoms with Gasteiger partial charge in [0.15, 0.2) is 5.72 Å². The molecule has 32 heavy (non-hydrogen) atoms. The molecule has 164 valence electrons. The molecule has 1 aliphatic heterocycles. The van der Waals surface area contributed by atoms with Gasteiger partial charge >= 0.3 is 0 Å². The van der Waals surface area contributed by atoms with Crippen molar-refractivity contribution in [2.24, 2.45) is 0 Å². The van der Waals surface area contributed by atoms with Gasteiger partial charge in [-0.3, -0.25) is 4.79 Å². The highest BCUT2D eigenvalue weighted by atomic mass is 16.5. The lowest BCUT2D eigenvalue weighted by atomic mass is 9.92. The maximum atomic E-state index is 13.4. The first kappa shape index (κ1) is 21.8. The SMILES string of the molecule is C=CCOc1ccc(COC2(c3ccc(C)cc3)c3ccccc3C(=O)N2CCC)cc1. The molecule has 0 fully saturated rings. The minimum absolute atomic E-state index is 0.0104. The van der Waals surface area contributed by atoms with Crippen LogP contribution in [0.3, 0.4) is 0 Å². The number of ether oxygens (including phenoxy) is 2. The van der Waals surface area contributed by atoms with E-state index in [1.54, 1.807) is 6.08 Å². The molecule has 3 aromatic rings. The van der Waals surface area contributed by atoms with E-state index in [1.807, 2.05) is 53.4 Å². The fourth-order valence-corrected chi connectivity index (χ4v) is 4.24. The second-order valence-electron chi connectivity index (χ2n) is 8.04. The number of benzene rings is 3. The van der Waals surface area contributed by atoms with Crippen LogP contribution in [0.2, 0.25) is 0 Å². The van der Waals surface area contributed by atoms with Crippen LogP contribution in [0, 0.1) is 6.92 Å². The van der Waals surface area contributed by atoms with Crippen molar-refractivity contribution in [2.45, 2.75) is 32.6 Å². The number of hydrogen-bond donors (Lipinski definition) is 0. The van der Waals surface area contributed by atoms with Gasteiger partial charge in [0.2, 0.25) is 0 Å². The van der Waals surface area contributed by atoms with Gasteiger partial charge in [0.05, 0.1) is 6.61 Å². The van der Waals surface area contributed by atoms with Crippen molar-refractivity contribution >= 4 is 5.91 Å². The zero-order valence-electron chi connectivity index (χ0n) is 18.7. The van der Waals surface area contributed by atoms with E-state index < -0.39 is 5.72 Å². The topological polar surface area (TPSA) is 38.8 Å². The monoisotopic (exact) mass is 427 g/mol. The molecule has 1 heterocycles. The third-order valence-corrected chi connectivity index (χ3v) is 5.78. The van der Waals surface area contributed by atoms with Gasteiger partial charge in [0.1, 0.15) is 12.4 Å². The third-order valence-electron chi connectivity index (χ3n) is 5.78. The molecule has 3 aromatic carbocycles. The maximum absolute atomic E-state index is 13.4. The standard InChI is InChI=1S/C28H29NO3/c1-4-18-29-27(30)25-8-6-7-9-26(25)28(29,23-14-10-21(3)11-15-23)32-20-22-12-16-24(17-13-22)31-19-5-2/h5-17H,2,4,18-20H2,1,3H3. The molecule has 4 nitrogen and oxygen atoms in total. The van der Waals surface area contributed by atoms with Crippen LogP contribution in [0.4, 0.5) is 0 Å². The number of hydrogen-bond acceptors (Lipinski definition) is 3. The average molecular weight is 428 g/mol. The van der Waals surface area contributed by atoms with E-state index >= 15 is 0 Å². The highest BCUT2D eigenvalue weighted by Crippen LogP contribution is 2.46. The zero-order valence-corrected chi connectivity index (χ0v) is 18.7. The van der Waals surface area contributed by atoms with E-state index in [2.05, 4.69) is 44.7 Å². The van der Waals surface area contributed by atoms with Crippen molar-refractivity contribution in [3.05, 3.63) is 113 Å². The number of amides is 1. The molecule has 0 aromatic heterocycles. The van der Waals surface area contributed by atoms with Crippen LogP contribution in [0.25, 0.3) is 0 Å². The summed E-state index contributed by atoms with van der Waals surface area (Å²) >= 11 is 0. The van der Waals surface area contributed by atoms with Crippen LogP contribution in [0.1, 0.15) is 46.0 Å². The van der Waals surface area contributed by atoms with Gasteiger partial charge in [-0.2, -0.15) is 0 Å². The summed E-state index contributed by atoms with van der Waals surface area (Å²) in [6, 6.07) is 23.9. The Kier molecular flexibility index (Phi) is 6.42. The van der Waals surface area contributed by atoms with E-state index in [0.717, 1.165) is 28.9 Å². The van der Waals surface area contributed by atoms with Crippen molar-refractivity contribution in [1.29, 1.82) is 0 Å². The molecule has 0 radical (unpaired) electrons. The molecule has 0 N–H and O–H groups in total. The van der Waals surface area contributed by atoms with Crippen molar-refractivity contribution in [2.75, 3.05) is 13.2 Å². The van der Waals surface area contributed by atoms with E-state index in [-0.39, 0.29) is 5.91 Å². The molecule has 0 saturated carbocycles. The maximum Gasteiger partial charge on any atom is 0.257 e. The number of nitrogens with zero attached hydrogens (tertiary/aromatic N) is 1. The summed E-state index contributed by atoms with van der Waals surface area (Å²) in [6.07, 6.45) is 2.56. The summed E-state index contributed by atoms with van der Waals surface area (Å²) < 4.78 is 12.3. The van der Waals surface area contributed by atoms with Crippen LogP contribution in [-0.4, -0.2) is 24.0 Å². The van der Waals surface area contributed by atoms with E-state index in [1.165, 1.54) is 5.56 Å². The largest absolute Gasteiger partial charge is 0.490 e. The Labute approximate surface area is 190 Å². The van der Waals surface area contributed by atoms with Crippen LogP contribution in [-0.2, 0) is 17.1 Å². The molecule has 1 aliphatic rings. The highest BCUT2D eigenvalue weighted by molar-refractivity contribution is 6.00. The van der Waals surface area contributed by atoms with Gasteiger partial charge in [-0.1, -0.05) is 79.7 Å². The van der Waals surface area contributed by atoms with E-state index in [9.17, 15) is 4.79 Å². The Balaban J connectivity index is 1.74. The lowest BCUT2D eigenvalue weighted by molar-refractivity contribution is -0.117. The summed E-state index contributed by atoms with van der Waals surface area (Å²) in [5.41, 5.74) is 3.77. The molecule has 0 spiro atoms. The van der Waals surface area contributed by atoms with Gasteiger partial charge in [-0.05, 0) is 37.1 Å². The third kappa shape index (κ3) is 3.94. The number of carbonyl (C=O) groups excluding carboxylic acids is 1. The molecular weight excluding hydrogens is 398 g/mol. The number of aryl methyl sites for hydroxylation is 1. The van der Waals surface area contributed by atoms with Gasteiger partial charge in [-0.25, -0.2) is 0 Å². The van der Waals surface area contributed by atoms with Crippen LogP contribution >= 0.6 is 0 Å². The Morgan fingerprint density at radius 1 is 1.00 bits per heavy atom. The van der Waals surface area contributed by atoms with Gasteiger partial charge < -0.3 is 14.4 Å². The summed E-state index contributed by atoms with van der Waals surface area (Å²) in [5.74, 6) is 0.798. The molecular formula is C28H29NO3. The summed E-state index contributed by atoms with van der Waals surface area (Å²) in [7, 11) is 0. The minimum Gasteiger partial charge on any atom is -0.490 e. The van der Waals surface area contributed by atoms with Crippen LogP contribution < -0.4 is 4.74 Å². The molecule has 4 rings (SSSR count). The first-order chi connectivity index (χ1) is 15.6. The van der Waals surface area contributed by atoms with Crippen LogP contribution in [0.5, 0.6) is 5.75 Å². The lowest BCUT2D eigenvalue weighted by Gasteiger charge is -2.39. The highest BCUT2D eigenvalue weighted by Gasteiger charge is 2.51. The summed E-state index contributed by atoms with van der Waals surface area (Å²) in [5, 5.41) is 0. The van der Waals surface area contributed by atoms with Crippen molar-refractivity contribution in [1.82, 2.24) is 4.90 Å². The second-order valence-corrected chi connectivity index (χ2v) is 8.04. The normalized spacial score (nSPS) is 17.3. The van der Waals surface area contributed by atoms with Gasteiger partial charge in [0.25, 0.3) is 5.91 Å². The minimum atomic E-state index is -0.963. The smallest absolute Gasteiger partial charge is 0.257 e. The quantitative estimate of drug-likeness (QED) is 0.403. The molecule has 0 aliphatic carbocycles. The molecule has 0 bridgehead atoms. The fraction of sp³-hybridized carbons (Fsp3) is 0.250. The number of rotatable bonds is 9. The average Bonchev–Trinajstić information content (AvgIpc) is 3.06. The summed E-state index contributed by atoms with van der Waals surface area (Å²) in [4.78, 5) is 15.3. The number of fused-ring (bicyclic) bond motifs is 1. The van der Waals surface area contributed by atoms with E-state index in [0.29, 0.717) is 25.3 Å². The predicted molar refractivity (Wildman–Crippen MR) is 127 cm³/mol. The molecule has 4 heteroatoms. The van der Waals surface area contributed by atoms with Crippen molar-refractivity contribution in [3.63, 3.8) is 0 Å². The Morgan fingerprint density at radius 2 is 1.72 bits per heavy atom. The van der Waals surface area contributed by atoms with Crippen molar-refractivity contribution < 1.29 is 14.3 Å².